The van der Waals surface area contributed by atoms with Gasteiger partial charge in [-0.3, -0.25) is 4.99 Å². The van der Waals surface area contributed by atoms with E-state index in [9.17, 15) is 0 Å². The van der Waals surface area contributed by atoms with E-state index in [1.54, 1.807) is 14.2 Å². The van der Waals surface area contributed by atoms with Gasteiger partial charge in [-0.25, -0.2) is 0 Å². The molecule has 1 aliphatic carbocycles. The Morgan fingerprint density at radius 3 is 2.64 bits per heavy atom. The number of nitrogens with zero attached hydrogens (tertiary/aromatic N) is 1. The number of nitrogens with one attached hydrogen (secondary N) is 2. The highest BCUT2D eigenvalue weighted by molar-refractivity contribution is 5.94. The minimum atomic E-state index is 0.415. The number of guanidine groups is 1. The van der Waals surface area contributed by atoms with Crippen molar-refractivity contribution in [2.24, 2.45) is 4.99 Å². The van der Waals surface area contributed by atoms with E-state index in [2.05, 4.69) is 46.0 Å². The van der Waals surface area contributed by atoms with Crippen LogP contribution in [0.3, 0.4) is 0 Å². The Hall–Kier alpha value is -2.69. The van der Waals surface area contributed by atoms with Gasteiger partial charge in [0.25, 0.3) is 0 Å². The number of anilines is 1. The predicted molar refractivity (Wildman–Crippen MR) is 102 cm³/mol. The van der Waals surface area contributed by atoms with Gasteiger partial charge in [0.1, 0.15) is 0 Å². The fourth-order valence-corrected chi connectivity index (χ4v) is 2.91. The lowest BCUT2D eigenvalue weighted by Gasteiger charge is -2.14. The van der Waals surface area contributed by atoms with E-state index in [4.69, 9.17) is 9.47 Å². The maximum Gasteiger partial charge on any atom is 0.195 e. The van der Waals surface area contributed by atoms with E-state index in [-0.39, 0.29) is 0 Å². The van der Waals surface area contributed by atoms with Crippen LogP contribution >= 0.6 is 0 Å². The van der Waals surface area contributed by atoms with E-state index in [0.29, 0.717) is 18.6 Å². The van der Waals surface area contributed by atoms with Crippen molar-refractivity contribution in [3.63, 3.8) is 0 Å². The molecule has 5 heteroatoms. The summed E-state index contributed by atoms with van der Waals surface area (Å²) in [5.41, 5.74) is 2.28. The summed E-state index contributed by atoms with van der Waals surface area (Å²) < 4.78 is 10.9. The van der Waals surface area contributed by atoms with Crippen molar-refractivity contribution in [2.45, 2.75) is 25.3 Å². The van der Waals surface area contributed by atoms with Crippen LogP contribution in [-0.4, -0.2) is 32.8 Å². The van der Waals surface area contributed by atoms with E-state index >= 15 is 0 Å². The van der Waals surface area contributed by atoms with Crippen LogP contribution in [0.4, 0.5) is 5.69 Å². The van der Waals surface area contributed by atoms with Gasteiger partial charge in [-0.1, -0.05) is 30.3 Å². The van der Waals surface area contributed by atoms with Gasteiger partial charge in [-0.05, 0) is 31.0 Å². The van der Waals surface area contributed by atoms with Crippen molar-refractivity contribution in [1.29, 1.82) is 0 Å². The summed E-state index contributed by atoms with van der Waals surface area (Å²) >= 11 is 0. The van der Waals surface area contributed by atoms with E-state index < -0.39 is 0 Å². The number of hydrogen-bond acceptors (Lipinski definition) is 3. The minimum Gasteiger partial charge on any atom is -0.493 e. The topological polar surface area (TPSA) is 54.9 Å². The van der Waals surface area contributed by atoms with Crippen LogP contribution in [0.1, 0.15) is 24.8 Å². The van der Waals surface area contributed by atoms with Crippen LogP contribution < -0.4 is 20.1 Å². The molecule has 3 rings (SSSR count). The number of benzene rings is 2. The Morgan fingerprint density at radius 2 is 1.96 bits per heavy atom. The minimum absolute atomic E-state index is 0.415. The monoisotopic (exact) mass is 339 g/mol. The first kappa shape index (κ1) is 17.1. The van der Waals surface area contributed by atoms with Crippen LogP contribution in [0.25, 0.3) is 0 Å². The molecule has 132 valence electrons. The first-order chi connectivity index (χ1) is 12.2. The average Bonchev–Trinajstić information content (AvgIpc) is 3.41. The van der Waals surface area contributed by atoms with Gasteiger partial charge in [0.05, 0.1) is 13.7 Å². The molecule has 0 radical (unpaired) electrons. The number of hydrogen-bond donors (Lipinski definition) is 2. The second-order valence-corrected chi connectivity index (χ2v) is 6.00. The van der Waals surface area contributed by atoms with Gasteiger partial charge in [-0.15, -0.1) is 0 Å². The van der Waals surface area contributed by atoms with Gasteiger partial charge in [0.2, 0.25) is 0 Å². The third kappa shape index (κ3) is 4.24. The Kier molecular flexibility index (Phi) is 5.43. The SMILES string of the molecule is CCOc1cc(NC(=NC)NC2CC2c2ccccc2)ccc1OC. The van der Waals surface area contributed by atoms with Crippen molar-refractivity contribution in [3.05, 3.63) is 54.1 Å². The fraction of sp³-hybridized carbons (Fsp3) is 0.350. The van der Waals surface area contributed by atoms with Crippen molar-refractivity contribution in [1.82, 2.24) is 5.32 Å². The number of rotatable bonds is 6. The summed E-state index contributed by atoms with van der Waals surface area (Å²) in [7, 11) is 3.42. The van der Waals surface area contributed by atoms with Crippen LogP contribution in [-0.2, 0) is 0 Å². The van der Waals surface area contributed by atoms with Crippen molar-refractivity contribution >= 4 is 11.6 Å². The normalized spacial score (nSPS) is 19.2. The summed E-state index contributed by atoms with van der Waals surface area (Å²) in [5.74, 6) is 2.76. The molecule has 0 heterocycles. The number of methoxy groups -OCH3 is 1. The standard InChI is InChI=1S/C20H25N3O2/c1-4-25-19-12-15(10-11-18(19)24-3)22-20(21-2)23-17-13-16(17)14-8-6-5-7-9-14/h5-12,16-17H,4,13H2,1-3H3,(H2,21,22,23). The lowest BCUT2D eigenvalue weighted by molar-refractivity contribution is 0.311. The third-order valence-electron chi connectivity index (χ3n) is 4.29. The zero-order valence-electron chi connectivity index (χ0n) is 15.0. The predicted octanol–water partition coefficient (Wildman–Crippen LogP) is 3.64. The zero-order valence-corrected chi connectivity index (χ0v) is 15.0. The summed E-state index contributed by atoms with van der Waals surface area (Å²) in [4.78, 5) is 4.33. The molecule has 2 aromatic carbocycles. The number of aliphatic imine (C=N–C) groups is 1. The molecular weight excluding hydrogens is 314 g/mol. The molecule has 2 atom stereocenters. The first-order valence-corrected chi connectivity index (χ1v) is 8.61. The molecule has 0 amide bonds. The molecule has 2 N–H and O–H groups in total. The van der Waals surface area contributed by atoms with E-state index in [1.807, 2.05) is 25.1 Å². The largest absolute Gasteiger partial charge is 0.493 e. The summed E-state index contributed by atoms with van der Waals surface area (Å²) in [5, 5.41) is 6.81. The van der Waals surface area contributed by atoms with Crippen LogP contribution in [0.5, 0.6) is 11.5 Å². The second kappa shape index (κ2) is 7.92. The zero-order chi connectivity index (χ0) is 17.6. The molecule has 0 saturated heterocycles. The molecule has 0 spiro atoms. The van der Waals surface area contributed by atoms with Crippen molar-refractivity contribution < 1.29 is 9.47 Å². The lowest BCUT2D eigenvalue weighted by atomic mass is 10.1. The second-order valence-electron chi connectivity index (χ2n) is 6.00. The highest BCUT2D eigenvalue weighted by Gasteiger charge is 2.38. The molecular formula is C20H25N3O2. The van der Waals surface area contributed by atoms with Crippen LogP contribution in [0.2, 0.25) is 0 Å². The Morgan fingerprint density at radius 1 is 1.16 bits per heavy atom. The Balaban J connectivity index is 1.63. The van der Waals surface area contributed by atoms with Gasteiger partial charge >= 0.3 is 0 Å². The van der Waals surface area contributed by atoms with Crippen LogP contribution in [0.15, 0.2) is 53.5 Å². The van der Waals surface area contributed by atoms with Crippen LogP contribution in [0, 0.1) is 0 Å². The van der Waals surface area contributed by atoms with Gasteiger partial charge in [0, 0.05) is 30.8 Å². The van der Waals surface area contributed by atoms with Gasteiger partial charge in [0.15, 0.2) is 17.5 Å². The maximum atomic E-state index is 5.63. The van der Waals surface area contributed by atoms with Crippen molar-refractivity contribution in [2.75, 3.05) is 26.1 Å². The summed E-state index contributed by atoms with van der Waals surface area (Å²) in [6.07, 6.45) is 1.12. The molecule has 5 nitrogen and oxygen atoms in total. The molecule has 1 aliphatic rings. The van der Waals surface area contributed by atoms with E-state index in [0.717, 1.165) is 29.6 Å². The lowest BCUT2D eigenvalue weighted by Crippen LogP contribution is -2.33. The van der Waals surface area contributed by atoms with Crippen molar-refractivity contribution in [3.8, 4) is 11.5 Å². The first-order valence-electron chi connectivity index (χ1n) is 8.61. The summed E-state index contributed by atoms with van der Waals surface area (Å²) in [6.45, 7) is 2.55. The molecule has 0 aromatic heterocycles. The Bertz CT molecular complexity index is 731. The average molecular weight is 339 g/mol. The highest BCUT2D eigenvalue weighted by atomic mass is 16.5. The molecule has 0 aliphatic heterocycles. The van der Waals surface area contributed by atoms with E-state index in [1.165, 1.54) is 5.56 Å². The quantitative estimate of drug-likeness (QED) is 0.623. The molecule has 2 unspecified atom stereocenters. The fourth-order valence-electron chi connectivity index (χ4n) is 2.91. The third-order valence-corrected chi connectivity index (χ3v) is 4.29. The maximum absolute atomic E-state index is 5.63. The van der Waals surface area contributed by atoms with Gasteiger partial charge < -0.3 is 20.1 Å². The molecule has 2 aromatic rings. The highest BCUT2D eigenvalue weighted by Crippen LogP contribution is 2.40. The molecule has 1 saturated carbocycles. The molecule has 1 fully saturated rings. The van der Waals surface area contributed by atoms with Gasteiger partial charge in [-0.2, -0.15) is 0 Å². The molecule has 0 bridgehead atoms. The smallest absolute Gasteiger partial charge is 0.195 e. The Labute approximate surface area is 149 Å². The summed E-state index contributed by atoms with van der Waals surface area (Å²) in [6, 6.07) is 16.8. The number of ether oxygens (including phenoxy) is 2. The molecule has 25 heavy (non-hydrogen) atoms.